The molecule has 0 heterocycles. The fourth-order valence-corrected chi connectivity index (χ4v) is 8.75. The Bertz CT molecular complexity index is 1650. The summed E-state index contributed by atoms with van der Waals surface area (Å²) in [5.41, 5.74) is -4.19. The third kappa shape index (κ3) is 4.61. The van der Waals surface area contributed by atoms with Crippen molar-refractivity contribution >= 4 is 34.9 Å². The molecule has 6 atom stereocenters. The lowest BCUT2D eigenvalue weighted by molar-refractivity contribution is -0.205. The summed E-state index contributed by atoms with van der Waals surface area (Å²) >= 11 is 0. The molecule has 0 aliphatic heterocycles. The van der Waals surface area contributed by atoms with Crippen LogP contribution in [0.4, 0.5) is 0 Å². The predicted octanol–water partition coefficient (Wildman–Crippen LogP) is 4.36. The molecule has 2 N–H and O–H groups in total. The van der Waals surface area contributed by atoms with Crippen molar-refractivity contribution in [1.29, 1.82) is 0 Å². The van der Waals surface area contributed by atoms with E-state index in [-0.39, 0.29) is 36.3 Å². The van der Waals surface area contributed by atoms with E-state index in [2.05, 4.69) is 0 Å². The Labute approximate surface area is 262 Å². The zero-order valence-electron chi connectivity index (χ0n) is 26.7. The maximum absolute atomic E-state index is 14.5. The predicted molar refractivity (Wildman–Crippen MR) is 163 cm³/mol. The van der Waals surface area contributed by atoms with Crippen LogP contribution in [0.2, 0.25) is 0 Å². The zero-order chi connectivity index (χ0) is 33.4. The second kappa shape index (κ2) is 10.8. The largest absolute Gasteiger partial charge is 0.507 e. The van der Waals surface area contributed by atoms with E-state index in [0.717, 1.165) is 6.92 Å². The topological polar surface area (TPSA) is 152 Å². The number of ether oxygens (including phenoxy) is 1. The van der Waals surface area contributed by atoms with E-state index in [1.807, 2.05) is 13.8 Å². The molecule has 0 radical (unpaired) electrons. The number of hydrogen-bond donors (Lipinski definition) is 2. The minimum absolute atomic E-state index is 0.0213. The van der Waals surface area contributed by atoms with Gasteiger partial charge in [-0.15, -0.1) is 0 Å². The molecule has 45 heavy (non-hydrogen) atoms. The van der Waals surface area contributed by atoms with Crippen molar-refractivity contribution in [1.82, 2.24) is 0 Å². The highest BCUT2D eigenvalue weighted by Crippen LogP contribution is 2.64. The van der Waals surface area contributed by atoms with Gasteiger partial charge in [-0.05, 0) is 60.3 Å². The van der Waals surface area contributed by atoms with Gasteiger partial charge in [0.15, 0.2) is 28.7 Å². The Balaban J connectivity index is 1.65. The highest BCUT2D eigenvalue weighted by atomic mass is 16.5. The highest BCUT2D eigenvalue weighted by Gasteiger charge is 2.76. The van der Waals surface area contributed by atoms with Crippen molar-refractivity contribution in [3.63, 3.8) is 0 Å². The minimum atomic E-state index is -2.77. The number of phenols is 1. The number of phenolic OH excluding ortho intramolecular Hbond substituents is 1. The summed E-state index contributed by atoms with van der Waals surface area (Å²) in [5, 5.41) is 23.7. The average molecular weight is 617 g/mol. The summed E-state index contributed by atoms with van der Waals surface area (Å²) in [7, 11) is 0. The first kappa shape index (κ1) is 32.4. The van der Waals surface area contributed by atoms with E-state index in [4.69, 9.17) is 4.74 Å². The first-order chi connectivity index (χ1) is 20.9. The summed E-state index contributed by atoms with van der Waals surface area (Å²) in [4.78, 5) is 82.0. The van der Waals surface area contributed by atoms with Crippen molar-refractivity contribution < 1.29 is 43.7 Å². The molecule has 2 saturated carbocycles. The fourth-order valence-electron chi connectivity index (χ4n) is 8.75. The molecule has 3 aliphatic carbocycles. The second-order valence-electron chi connectivity index (χ2n) is 14.3. The first-order valence-electron chi connectivity index (χ1n) is 15.4. The number of Topliss-reactive ketones (excluding diaryl/α,β-unsaturated/α-hetero) is 5. The first-order valence-corrected chi connectivity index (χ1v) is 15.4. The van der Waals surface area contributed by atoms with E-state index in [9.17, 15) is 39.0 Å². The number of carbonyl (C=O) groups excluding carboxylic acids is 6. The summed E-state index contributed by atoms with van der Waals surface area (Å²) in [6.07, 6.45) is -0.225. The quantitative estimate of drug-likeness (QED) is 0.274. The van der Waals surface area contributed by atoms with Crippen LogP contribution < -0.4 is 4.74 Å². The molecule has 3 unspecified atom stereocenters. The summed E-state index contributed by atoms with van der Waals surface area (Å²) in [6, 6.07) is 10.1. The normalized spacial score (nSPS) is 31.0. The minimum Gasteiger partial charge on any atom is -0.507 e. The number of esters is 1. The molecule has 2 aromatic rings. The number of benzene rings is 2. The number of carbonyl (C=O) groups is 6. The van der Waals surface area contributed by atoms with E-state index in [0.29, 0.717) is 16.9 Å². The fraction of sp³-hybridized carbons (Fsp3) is 0.500. The number of para-hydroxylation sites is 1. The van der Waals surface area contributed by atoms with Crippen LogP contribution in [0.1, 0.15) is 87.9 Å². The zero-order valence-corrected chi connectivity index (χ0v) is 26.7. The Morgan fingerprint density at radius 2 is 1.62 bits per heavy atom. The molecule has 3 aliphatic rings. The average Bonchev–Trinajstić information content (AvgIpc) is 2.92. The monoisotopic (exact) mass is 616 g/mol. The van der Waals surface area contributed by atoms with Gasteiger partial charge in [-0.3, -0.25) is 28.8 Å². The standard InChI is InChI=1S/C36H40O9/c1-17(2)22-13-20(14-24(38)45-21-11-9-8-10-12-21)29(39)26-23(22)15-34(6)16-35(7)27(18(3)4)30(40)25(19(5)37)32(42)36(35,44)33(43)28(34)31(26)41/h8-13,17-18,25,27-28,39,44H,14-16H2,1-7H3/t25?,27?,28?,34-,35-,36+/m1/s1. The molecule has 0 spiro atoms. The maximum Gasteiger partial charge on any atom is 0.315 e. The molecule has 0 aromatic heterocycles. The number of rotatable bonds is 6. The third-order valence-corrected chi connectivity index (χ3v) is 10.4. The second-order valence-corrected chi connectivity index (χ2v) is 14.3. The Kier molecular flexibility index (Phi) is 7.80. The number of fused-ring (bicyclic) bond motifs is 3. The van der Waals surface area contributed by atoms with Gasteiger partial charge in [0.05, 0.1) is 17.9 Å². The van der Waals surface area contributed by atoms with Gasteiger partial charge in [-0.2, -0.15) is 0 Å². The molecule has 5 rings (SSSR count). The number of aliphatic hydroxyl groups is 1. The van der Waals surface area contributed by atoms with Gasteiger partial charge >= 0.3 is 5.97 Å². The van der Waals surface area contributed by atoms with Crippen LogP contribution in [0.5, 0.6) is 11.5 Å². The molecule has 9 heteroatoms. The molecule has 238 valence electrons. The van der Waals surface area contributed by atoms with Crippen LogP contribution in [-0.2, 0) is 36.8 Å². The lowest BCUT2D eigenvalue weighted by atomic mass is 9.39. The number of aromatic hydroxyl groups is 1. The lowest BCUT2D eigenvalue weighted by Gasteiger charge is -2.62. The smallest absolute Gasteiger partial charge is 0.315 e. The maximum atomic E-state index is 14.5. The summed E-state index contributed by atoms with van der Waals surface area (Å²) < 4.78 is 5.41. The van der Waals surface area contributed by atoms with Gasteiger partial charge in [-0.25, -0.2) is 0 Å². The highest BCUT2D eigenvalue weighted by molar-refractivity contribution is 6.32. The van der Waals surface area contributed by atoms with Crippen molar-refractivity contribution in [3.8, 4) is 11.5 Å². The van der Waals surface area contributed by atoms with Gasteiger partial charge in [0.25, 0.3) is 0 Å². The Morgan fingerprint density at radius 1 is 1.00 bits per heavy atom. The molecule has 2 aromatic carbocycles. The lowest BCUT2D eigenvalue weighted by Crippen LogP contribution is -2.76. The SMILES string of the molecule is CC(=O)C1C(=O)C(C(C)C)[C@@]2(C)C[C@@]3(C)Cc4c(C(C)C)cc(CC(=O)Oc5ccccc5)c(O)c4C(=O)C3C(=O)[C@@]2(O)C1=O. The van der Waals surface area contributed by atoms with Gasteiger partial charge in [0.1, 0.15) is 23.2 Å². The van der Waals surface area contributed by atoms with Gasteiger partial charge in [0.2, 0.25) is 0 Å². The molecular formula is C36H40O9. The van der Waals surface area contributed by atoms with Crippen LogP contribution in [0.15, 0.2) is 36.4 Å². The van der Waals surface area contributed by atoms with Gasteiger partial charge in [0, 0.05) is 16.9 Å². The van der Waals surface area contributed by atoms with Crippen molar-refractivity contribution in [3.05, 3.63) is 58.7 Å². The molecule has 9 nitrogen and oxygen atoms in total. The van der Waals surface area contributed by atoms with E-state index < -0.39 is 80.7 Å². The number of hydrogen-bond acceptors (Lipinski definition) is 9. The number of ketones is 5. The molecule has 0 amide bonds. The Morgan fingerprint density at radius 3 is 2.18 bits per heavy atom. The van der Waals surface area contributed by atoms with Crippen LogP contribution >= 0.6 is 0 Å². The molecular weight excluding hydrogens is 576 g/mol. The van der Waals surface area contributed by atoms with E-state index >= 15 is 0 Å². The van der Waals surface area contributed by atoms with Crippen molar-refractivity contribution in [2.24, 2.45) is 34.5 Å². The van der Waals surface area contributed by atoms with Crippen LogP contribution in [-0.4, -0.2) is 50.7 Å². The van der Waals surface area contributed by atoms with Gasteiger partial charge in [-0.1, -0.05) is 65.8 Å². The van der Waals surface area contributed by atoms with Crippen LogP contribution in [0.3, 0.4) is 0 Å². The van der Waals surface area contributed by atoms with Crippen LogP contribution in [0.25, 0.3) is 0 Å². The van der Waals surface area contributed by atoms with Crippen molar-refractivity contribution in [2.75, 3.05) is 0 Å². The summed E-state index contributed by atoms with van der Waals surface area (Å²) in [6.45, 7) is 11.7. The van der Waals surface area contributed by atoms with Gasteiger partial charge < -0.3 is 14.9 Å². The summed E-state index contributed by atoms with van der Waals surface area (Å²) in [5.74, 6) is -10.1. The van der Waals surface area contributed by atoms with Crippen molar-refractivity contribution in [2.45, 2.75) is 79.2 Å². The molecule has 0 saturated heterocycles. The van der Waals surface area contributed by atoms with Crippen LogP contribution in [0, 0.1) is 34.5 Å². The van der Waals surface area contributed by atoms with E-state index in [1.54, 1.807) is 64.1 Å². The molecule has 2 fully saturated rings. The third-order valence-electron chi connectivity index (χ3n) is 10.4. The van der Waals surface area contributed by atoms with E-state index in [1.165, 1.54) is 0 Å². The molecule has 0 bridgehead atoms. The Hall–Kier alpha value is -3.98.